The Balaban J connectivity index is 1.39. The normalized spacial score (nSPS) is 17.8. The van der Waals surface area contributed by atoms with Crippen LogP contribution in [-0.4, -0.2) is 28.5 Å². The summed E-state index contributed by atoms with van der Waals surface area (Å²) in [6.07, 6.45) is 3.83. The number of carbonyl (C=O) groups excluding carboxylic acids is 2. The number of aliphatic imine (C=N–C) groups is 1. The number of rotatable bonds is 3. The van der Waals surface area contributed by atoms with Crippen LogP contribution in [0.3, 0.4) is 0 Å². The summed E-state index contributed by atoms with van der Waals surface area (Å²) in [4.78, 5) is 31.4. The van der Waals surface area contributed by atoms with Gasteiger partial charge in [-0.3, -0.25) is 9.59 Å². The summed E-state index contributed by atoms with van der Waals surface area (Å²) in [6, 6.07) is 17.8. The topological polar surface area (TPSA) is 49.7 Å². The van der Waals surface area contributed by atoms with Crippen molar-refractivity contribution in [2.45, 2.75) is 12.8 Å². The molecule has 2 aromatic rings. The highest BCUT2D eigenvalue weighted by Crippen LogP contribution is 2.34. The maximum atomic E-state index is 12.7. The monoisotopic (exact) mass is 394 g/mol. The lowest BCUT2D eigenvalue weighted by Crippen LogP contribution is -2.36. The van der Waals surface area contributed by atoms with Gasteiger partial charge in [-0.15, -0.1) is 0 Å². The fourth-order valence-electron chi connectivity index (χ4n) is 3.15. The summed E-state index contributed by atoms with van der Waals surface area (Å²) in [5, 5.41) is 0. The van der Waals surface area contributed by atoms with Gasteiger partial charge in [-0.25, -0.2) is 0 Å². The van der Waals surface area contributed by atoms with Crippen molar-refractivity contribution in [1.82, 2.24) is 0 Å². The van der Waals surface area contributed by atoms with Gasteiger partial charge in [0.05, 0.1) is 10.7 Å². The molecule has 6 heteroatoms. The van der Waals surface area contributed by atoms with Crippen LogP contribution in [0.1, 0.15) is 17.5 Å². The first kappa shape index (κ1) is 18.1. The Hall–Kier alpha value is -2.31. The molecule has 0 aliphatic carbocycles. The van der Waals surface area contributed by atoms with Crippen LogP contribution in [0.5, 0.6) is 0 Å². The van der Waals surface area contributed by atoms with Crippen molar-refractivity contribution in [3.05, 3.63) is 70.6 Å². The molecule has 2 aliphatic heterocycles. The zero-order chi connectivity index (χ0) is 18.6. The van der Waals surface area contributed by atoms with Gasteiger partial charge in [-0.1, -0.05) is 72.1 Å². The molecule has 2 amide bonds. The largest absolute Gasteiger partial charge is 0.311 e. The Morgan fingerprint density at radius 2 is 1.93 bits per heavy atom. The molecular formula is C21H18N2O2S2. The maximum absolute atomic E-state index is 12.7. The predicted molar refractivity (Wildman–Crippen MR) is 114 cm³/mol. The number of amides is 2. The number of thioether (sulfide) groups is 2. The van der Waals surface area contributed by atoms with Crippen molar-refractivity contribution in [2.75, 3.05) is 17.2 Å². The third kappa shape index (κ3) is 4.17. The third-order valence-corrected chi connectivity index (χ3v) is 6.54. The summed E-state index contributed by atoms with van der Waals surface area (Å²) >= 11 is 2.68. The average molecular weight is 395 g/mol. The van der Waals surface area contributed by atoms with Crippen molar-refractivity contribution >= 4 is 51.5 Å². The quantitative estimate of drug-likeness (QED) is 0.726. The Labute approximate surface area is 166 Å². The van der Waals surface area contributed by atoms with Crippen LogP contribution in [-0.2, 0) is 16.0 Å². The van der Waals surface area contributed by atoms with Crippen LogP contribution in [0.4, 0.5) is 5.69 Å². The number of para-hydroxylation sites is 1. The lowest BCUT2D eigenvalue weighted by molar-refractivity contribution is -0.116. The SMILES string of the molecule is O=C1N=C(SCC(=O)N2CCCc3ccccc32)SC1=Cc1ccccc1. The van der Waals surface area contributed by atoms with E-state index in [-0.39, 0.29) is 17.6 Å². The molecule has 2 aromatic carbocycles. The van der Waals surface area contributed by atoms with Crippen LogP contribution in [0.2, 0.25) is 0 Å². The number of nitrogens with zero attached hydrogens (tertiary/aromatic N) is 2. The van der Waals surface area contributed by atoms with Gasteiger partial charge in [0.15, 0.2) is 0 Å². The molecule has 136 valence electrons. The second-order valence-corrected chi connectivity index (χ2v) is 8.52. The molecule has 4 nitrogen and oxygen atoms in total. The van der Waals surface area contributed by atoms with Crippen LogP contribution in [0.15, 0.2) is 64.5 Å². The van der Waals surface area contributed by atoms with E-state index in [2.05, 4.69) is 11.1 Å². The van der Waals surface area contributed by atoms with Crippen molar-refractivity contribution in [3.8, 4) is 0 Å². The molecule has 27 heavy (non-hydrogen) atoms. The molecule has 0 radical (unpaired) electrons. The van der Waals surface area contributed by atoms with Gasteiger partial charge in [-0.05, 0) is 36.1 Å². The minimum atomic E-state index is -0.234. The molecule has 0 saturated carbocycles. The van der Waals surface area contributed by atoms with E-state index >= 15 is 0 Å². The van der Waals surface area contributed by atoms with E-state index in [1.54, 1.807) is 0 Å². The number of hydrogen-bond donors (Lipinski definition) is 0. The summed E-state index contributed by atoms with van der Waals surface area (Å²) in [6.45, 7) is 0.744. The first-order valence-electron chi connectivity index (χ1n) is 8.79. The van der Waals surface area contributed by atoms with E-state index in [0.29, 0.717) is 9.28 Å². The molecule has 2 aliphatic rings. The van der Waals surface area contributed by atoms with Crippen molar-refractivity contribution in [2.24, 2.45) is 4.99 Å². The average Bonchev–Trinajstić information content (AvgIpc) is 3.06. The molecule has 0 N–H and O–H groups in total. The van der Waals surface area contributed by atoms with E-state index in [1.165, 1.54) is 29.1 Å². The van der Waals surface area contributed by atoms with Crippen LogP contribution < -0.4 is 4.90 Å². The zero-order valence-corrected chi connectivity index (χ0v) is 16.3. The Kier molecular flexibility index (Phi) is 5.45. The molecule has 2 heterocycles. The molecule has 0 bridgehead atoms. The zero-order valence-electron chi connectivity index (χ0n) is 14.6. The number of anilines is 1. The van der Waals surface area contributed by atoms with Gasteiger partial charge in [0.1, 0.15) is 4.38 Å². The molecule has 0 aromatic heterocycles. The van der Waals surface area contributed by atoms with E-state index in [1.807, 2.05) is 59.5 Å². The van der Waals surface area contributed by atoms with Gasteiger partial charge in [-0.2, -0.15) is 4.99 Å². The van der Waals surface area contributed by atoms with Gasteiger partial charge >= 0.3 is 0 Å². The molecule has 0 fully saturated rings. The number of benzene rings is 2. The van der Waals surface area contributed by atoms with E-state index in [4.69, 9.17) is 0 Å². The number of fused-ring (bicyclic) bond motifs is 1. The summed E-state index contributed by atoms with van der Waals surface area (Å²) in [7, 11) is 0. The molecular weight excluding hydrogens is 376 g/mol. The predicted octanol–water partition coefficient (Wildman–Crippen LogP) is 4.37. The smallest absolute Gasteiger partial charge is 0.285 e. The van der Waals surface area contributed by atoms with Crippen molar-refractivity contribution in [1.29, 1.82) is 0 Å². The standard InChI is InChI=1S/C21H18N2O2S2/c24-19(23-12-6-10-16-9-4-5-11-17(16)23)14-26-21-22-20(25)18(27-21)13-15-7-2-1-3-8-15/h1-5,7-9,11,13H,6,10,12,14H2. The number of carbonyl (C=O) groups is 2. The summed E-state index contributed by atoms with van der Waals surface area (Å²) < 4.78 is 0.640. The fraction of sp³-hybridized carbons (Fsp3) is 0.190. The number of hydrogen-bond acceptors (Lipinski definition) is 4. The van der Waals surface area contributed by atoms with E-state index in [9.17, 15) is 9.59 Å². The molecule has 0 unspecified atom stereocenters. The lowest BCUT2D eigenvalue weighted by Gasteiger charge is -2.29. The highest BCUT2D eigenvalue weighted by atomic mass is 32.2. The van der Waals surface area contributed by atoms with E-state index in [0.717, 1.165) is 30.6 Å². The van der Waals surface area contributed by atoms with Gasteiger partial charge < -0.3 is 4.90 Å². The highest BCUT2D eigenvalue weighted by molar-refractivity contribution is 8.41. The molecule has 0 spiro atoms. The Morgan fingerprint density at radius 1 is 1.15 bits per heavy atom. The highest BCUT2D eigenvalue weighted by Gasteiger charge is 2.26. The minimum absolute atomic E-state index is 0.0587. The first-order valence-corrected chi connectivity index (χ1v) is 10.6. The van der Waals surface area contributed by atoms with Crippen LogP contribution in [0.25, 0.3) is 6.08 Å². The molecule has 4 rings (SSSR count). The fourth-order valence-corrected chi connectivity index (χ4v) is 5.02. The van der Waals surface area contributed by atoms with Gasteiger partial charge in [0.25, 0.3) is 5.91 Å². The Morgan fingerprint density at radius 3 is 2.78 bits per heavy atom. The second kappa shape index (κ2) is 8.15. The van der Waals surface area contributed by atoms with Crippen molar-refractivity contribution < 1.29 is 9.59 Å². The van der Waals surface area contributed by atoms with E-state index < -0.39 is 0 Å². The maximum Gasteiger partial charge on any atom is 0.285 e. The summed E-state index contributed by atoms with van der Waals surface area (Å²) in [5.74, 6) is 0.108. The molecule has 0 atom stereocenters. The molecule has 0 saturated heterocycles. The van der Waals surface area contributed by atoms with Gasteiger partial charge in [0.2, 0.25) is 5.91 Å². The lowest BCUT2D eigenvalue weighted by atomic mass is 10.0. The van der Waals surface area contributed by atoms with Crippen molar-refractivity contribution in [3.63, 3.8) is 0 Å². The summed E-state index contributed by atoms with van der Waals surface area (Å²) in [5.41, 5.74) is 3.20. The third-order valence-electron chi connectivity index (χ3n) is 4.43. The number of aryl methyl sites for hydroxylation is 1. The van der Waals surface area contributed by atoms with Crippen LogP contribution in [0, 0.1) is 0 Å². The minimum Gasteiger partial charge on any atom is -0.311 e. The first-order chi connectivity index (χ1) is 13.2. The van der Waals surface area contributed by atoms with Gasteiger partial charge in [0, 0.05) is 12.2 Å². The Bertz CT molecular complexity index is 938. The van der Waals surface area contributed by atoms with Crippen LogP contribution >= 0.6 is 23.5 Å². The second-order valence-electron chi connectivity index (χ2n) is 6.27.